The third-order valence-corrected chi connectivity index (χ3v) is 7.37. The first-order valence-electron chi connectivity index (χ1n) is 8.37. The van der Waals surface area contributed by atoms with Crippen LogP contribution in [-0.4, -0.2) is 32.3 Å². The van der Waals surface area contributed by atoms with Gasteiger partial charge in [0.05, 0.1) is 6.04 Å². The number of likely N-dealkylation sites (tertiary alicyclic amines) is 1. The molecular formula is C18H22N2O3S2. The van der Waals surface area contributed by atoms with Gasteiger partial charge in [0.25, 0.3) is 0 Å². The number of aryl methyl sites for hydroxylation is 1. The molecule has 25 heavy (non-hydrogen) atoms. The van der Waals surface area contributed by atoms with Gasteiger partial charge in [0.1, 0.15) is 4.21 Å². The van der Waals surface area contributed by atoms with Crippen molar-refractivity contribution in [1.82, 2.24) is 9.62 Å². The van der Waals surface area contributed by atoms with Gasteiger partial charge < -0.3 is 4.90 Å². The second kappa shape index (κ2) is 7.68. The van der Waals surface area contributed by atoms with Crippen LogP contribution >= 0.6 is 11.3 Å². The second-order valence-corrected chi connectivity index (χ2v) is 9.12. The molecule has 1 aromatic carbocycles. The van der Waals surface area contributed by atoms with Crippen LogP contribution in [0.3, 0.4) is 0 Å². The second-order valence-electron chi connectivity index (χ2n) is 6.18. The Bertz CT molecular complexity index is 832. The Balaban J connectivity index is 1.60. The van der Waals surface area contributed by atoms with Crippen molar-refractivity contribution in [2.24, 2.45) is 0 Å². The zero-order valence-corrected chi connectivity index (χ0v) is 15.8. The molecular weight excluding hydrogens is 356 g/mol. The number of hydrogen-bond acceptors (Lipinski definition) is 4. The van der Waals surface area contributed by atoms with Gasteiger partial charge in [-0.2, -0.15) is 0 Å². The van der Waals surface area contributed by atoms with E-state index in [9.17, 15) is 13.2 Å². The van der Waals surface area contributed by atoms with E-state index in [0.717, 1.165) is 19.4 Å². The fourth-order valence-corrected chi connectivity index (χ4v) is 5.34. The van der Waals surface area contributed by atoms with Crippen LogP contribution in [-0.2, 0) is 14.8 Å². The van der Waals surface area contributed by atoms with Gasteiger partial charge in [0.2, 0.25) is 15.9 Å². The highest BCUT2D eigenvalue weighted by molar-refractivity contribution is 7.91. The highest BCUT2D eigenvalue weighted by atomic mass is 32.2. The highest BCUT2D eigenvalue weighted by Gasteiger charge is 2.30. The summed E-state index contributed by atoms with van der Waals surface area (Å²) in [4.78, 5) is 14.5. The number of rotatable bonds is 6. The molecule has 2 aromatic rings. The maximum atomic E-state index is 12.6. The number of carbonyl (C=O) groups excluding carboxylic acids is 1. The summed E-state index contributed by atoms with van der Waals surface area (Å²) in [6, 6.07) is 11.5. The van der Waals surface area contributed by atoms with Crippen molar-refractivity contribution < 1.29 is 13.2 Å². The molecule has 1 fully saturated rings. The van der Waals surface area contributed by atoms with Crippen LogP contribution in [0.5, 0.6) is 0 Å². The number of thiophene rings is 1. The van der Waals surface area contributed by atoms with Gasteiger partial charge in [-0.3, -0.25) is 4.79 Å². The smallest absolute Gasteiger partial charge is 0.250 e. The predicted octanol–water partition coefficient (Wildman–Crippen LogP) is 3.09. The largest absolute Gasteiger partial charge is 0.336 e. The maximum absolute atomic E-state index is 12.6. The zero-order chi connectivity index (χ0) is 17.9. The number of amides is 1. The molecule has 0 saturated carbocycles. The molecule has 0 aliphatic carbocycles. The Hall–Kier alpha value is -1.70. The summed E-state index contributed by atoms with van der Waals surface area (Å²) < 4.78 is 27.0. The number of nitrogens with zero attached hydrogens (tertiary/aromatic N) is 1. The summed E-state index contributed by atoms with van der Waals surface area (Å²) in [6.07, 6.45) is 2.11. The van der Waals surface area contributed by atoms with E-state index < -0.39 is 10.0 Å². The molecule has 1 unspecified atom stereocenters. The first-order chi connectivity index (χ1) is 12.0. The minimum absolute atomic E-state index is 0.000340. The molecule has 0 bridgehead atoms. The van der Waals surface area contributed by atoms with E-state index in [4.69, 9.17) is 0 Å². The summed E-state index contributed by atoms with van der Waals surface area (Å²) >= 11 is 1.17. The first-order valence-corrected chi connectivity index (χ1v) is 10.7. The molecule has 1 amide bonds. The van der Waals surface area contributed by atoms with Crippen LogP contribution in [0, 0.1) is 6.92 Å². The predicted molar refractivity (Wildman–Crippen MR) is 99.0 cm³/mol. The average molecular weight is 379 g/mol. The lowest BCUT2D eigenvalue weighted by atomic mass is 9.99. The third kappa shape index (κ3) is 4.11. The number of carbonyl (C=O) groups is 1. The summed E-state index contributed by atoms with van der Waals surface area (Å²) in [5, 5.41) is 1.72. The summed E-state index contributed by atoms with van der Waals surface area (Å²) in [5.41, 5.74) is 2.37. The monoisotopic (exact) mass is 378 g/mol. The lowest BCUT2D eigenvalue weighted by Gasteiger charge is -2.26. The molecule has 2 heterocycles. The van der Waals surface area contributed by atoms with Gasteiger partial charge >= 0.3 is 0 Å². The first kappa shape index (κ1) is 18.1. The summed E-state index contributed by atoms with van der Waals surface area (Å²) in [5.74, 6) is -0.000340. The fourth-order valence-electron chi connectivity index (χ4n) is 3.27. The van der Waals surface area contributed by atoms with Crippen LogP contribution in [0.2, 0.25) is 0 Å². The Morgan fingerprint density at radius 2 is 2.08 bits per heavy atom. The number of nitrogens with one attached hydrogen (secondary N) is 1. The minimum Gasteiger partial charge on any atom is -0.336 e. The van der Waals surface area contributed by atoms with Gasteiger partial charge in [-0.1, -0.05) is 30.3 Å². The summed E-state index contributed by atoms with van der Waals surface area (Å²) in [6.45, 7) is 2.91. The molecule has 0 spiro atoms. The minimum atomic E-state index is -3.51. The summed E-state index contributed by atoms with van der Waals surface area (Å²) in [7, 11) is -3.51. The Kier molecular flexibility index (Phi) is 5.56. The van der Waals surface area contributed by atoms with E-state index in [-0.39, 0.29) is 29.1 Å². The molecule has 1 atom stereocenters. The quantitative estimate of drug-likeness (QED) is 0.840. The fraction of sp³-hybridized carbons (Fsp3) is 0.389. The SMILES string of the molecule is Cc1ccccc1C1CCCN1C(=O)CCNS(=O)(=O)c1cccs1. The highest BCUT2D eigenvalue weighted by Crippen LogP contribution is 2.33. The van der Waals surface area contributed by atoms with Crippen LogP contribution in [0.1, 0.15) is 36.4 Å². The van der Waals surface area contributed by atoms with E-state index in [2.05, 4.69) is 23.8 Å². The molecule has 1 aromatic heterocycles. The zero-order valence-electron chi connectivity index (χ0n) is 14.1. The van der Waals surface area contributed by atoms with Gasteiger partial charge in [-0.15, -0.1) is 11.3 Å². The Morgan fingerprint density at radius 3 is 2.80 bits per heavy atom. The molecule has 1 saturated heterocycles. The lowest BCUT2D eigenvalue weighted by Crippen LogP contribution is -2.34. The standard InChI is InChI=1S/C18H22N2O3S2/c1-14-6-2-3-7-15(14)16-8-4-12-20(16)17(21)10-11-19-25(22,23)18-9-5-13-24-18/h2-3,5-7,9,13,16,19H,4,8,10-12H2,1H3. The Labute approximate surface area is 152 Å². The van der Waals surface area contributed by atoms with Crippen molar-refractivity contribution >= 4 is 27.3 Å². The molecule has 134 valence electrons. The normalized spacial score (nSPS) is 17.8. The van der Waals surface area contributed by atoms with E-state index in [1.807, 2.05) is 17.0 Å². The van der Waals surface area contributed by atoms with E-state index in [0.29, 0.717) is 0 Å². The lowest BCUT2D eigenvalue weighted by molar-refractivity contribution is -0.131. The Morgan fingerprint density at radius 1 is 1.28 bits per heavy atom. The van der Waals surface area contributed by atoms with Gasteiger partial charge in [0.15, 0.2) is 0 Å². The third-order valence-electron chi connectivity index (χ3n) is 4.51. The van der Waals surface area contributed by atoms with E-state index in [1.165, 1.54) is 22.5 Å². The van der Waals surface area contributed by atoms with Crippen LogP contribution in [0.25, 0.3) is 0 Å². The number of benzene rings is 1. The molecule has 1 aliphatic rings. The maximum Gasteiger partial charge on any atom is 0.250 e. The number of sulfonamides is 1. The molecule has 7 heteroatoms. The molecule has 5 nitrogen and oxygen atoms in total. The van der Waals surface area contributed by atoms with Crippen molar-refractivity contribution in [3.63, 3.8) is 0 Å². The van der Waals surface area contributed by atoms with Gasteiger partial charge in [-0.05, 0) is 42.3 Å². The van der Waals surface area contributed by atoms with E-state index >= 15 is 0 Å². The molecule has 3 rings (SSSR count). The van der Waals surface area contributed by atoms with Gasteiger partial charge in [0, 0.05) is 19.5 Å². The topological polar surface area (TPSA) is 66.5 Å². The van der Waals surface area contributed by atoms with Crippen LogP contribution < -0.4 is 4.72 Å². The molecule has 0 radical (unpaired) electrons. The molecule has 1 N–H and O–H groups in total. The van der Waals surface area contributed by atoms with Crippen molar-refractivity contribution in [2.75, 3.05) is 13.1 Å². The van der Waals surface area contributed by atoms with Crippen LogP contribution in [0.4, 0.5) is 0 Å². The van der Waals surface area contributed by atoms with Crippen molar-refractivity contribution in [3.8, 4) is 0 Å². The van der Waals surface area contributed by atoms with Crippen molar-refractivity contribution in [1.29, 1.82) is 0 Å². The van der Waals surface area contributed by atoms with Crippen molar-refractivity contribution in [3.05, 3.63) is 52.9 Å². The number of hydrogen-bond donors (Lipinski definition) is 1. The van der Waals surface area contributed by atoms with Crippen molar-refractivity contribution in [2.45, 2.75) is 36.4 Å². The van der Waals surface area contributed by atoms with E-state index in [1.54, 1.807) is 17.5 Å². The average Bonchev–Trinajstić information content (AvgIpc) is 3.27. The van der Waals surface area contributed by atoms with Crippen LogP contribution in [0.15, 0.2) is 46.0 Å². The molecule has 1 aliphatic heterocycles. The van der Waals surface area contributed by atoms with Gasteiger partial charge in [-0.25, -0.2) is 13.1 Å².